The molecule has 0 radical (unpaired) electrons. The lowest BCUT2D eigenvalue weighted by molar-refractivity contribution is -0.384. The van der Waals surface area contributed by atoms with Gasteiger partial charge in [0.25, 0.3) is 5.69 Å². The van der Waals surface area contributed by atoms with Crippen LogP contribution in [0.2, 0.25) is 5.02 Å². The van der Waals surface area contributed by atoms with E-state index < -0.39 is 10.7 Å². The van der Waals surface area contributed by atoms with Crippen molar-refractivity contribution in [2.75, 3.05) is 11.9 Å². The third kappa shape index (κ3) is 3.41. The van der Waals surface area contributed by atoms with Crippen LogP contribution in [0.25, 0.3) is 0 Å². The summed E-state index contributed by atoms with van der Waals surface area (Å²) in [5, 5.41) is 19.8. The number of nitro groups is 1. The molecule has 20 heavy (non-hydrogen) atoms. The number of H-pyrrole nitrogens is 1. The Labute approximate surface area is 118 Å². The maximum atomic E-state index is 13.3. The fourth-order valence-corrected chi connectivity index (χ4v) is 1.82. The number of halogens is 2. The average molecular weight is 300 g/mol. The van der Waals surface area contributed by atoms with E-state index >= 15 is 0 Å². The summed E-state index contributed by atoms with van der Waals surface area (Å²) >= 11 is 5.53. The summed E-state index contributed by atoms with van der Waals surface area (Å²) in [5.74, 6) is 0.0265. The Morgan fingerprint density at radius 1 is 1.50 bits per heavy atom. The number of hydrogen-bond donors (Lipinski definition) is 2. The molecule has 2 rings (SSSR count). The second-order valence-corrected chi connectivity index (χ2v) is 4.41. The lowest BCUT2D eigenvalue weighted by Crippen LogP contribution is -2.06. The van der Waals surface area contributed by atoms with Gasteiger partial charge in [-0.2, -0.15) is 5.10 Å². The van der Waals surface area contributed by atoms with Crippen molar-refractivity contribution in [2.45, 2.75) is 12.8 Å². The Morgan fingerprint density at radius 3 is 2.95 bits per heavy atom. The van der Waals surface area contributed by atoms with Gasteiger partial charge in [0.05, 0.1) is 9.95 Å². The summed E-state index contributed by atoms with van der Waals surface area (Å²) in [6.07, 6.45) is 2.70. The van der Waals surface area contributed by atoms with Crippen LogP contribution in [0.1, 0.15) is 12.2 Å². The molecule has 1 aromatic heterocycles. The van der Waals surface area contributed by atoms with Gasteiger partial charge in [0.1, 0.15) is 23.7 Å². The Kier molecular flexibility index (Phi) is 4.46. The number of nitrogens with zero attached hydrogens (tertiary/aromatic N) is 3. The van der Waals surface area contributed by atoms with Crippen molar-refractivity contribution < 1.29 is 9.31 Å². The molecule has 0 aliphatic rings. The maximum Gasteiger partial charge on any atom is 0.294 e. The molecule has 0 aliphatic heterocycles. The number of nitro benzene ring substituents is 1. The first-order valence-electron chi connectivity index (χ1n) is 5.79. The number of nitrogens with one attached hydrogen (secondary N) is 2. The largest absolute Gasteiger partial charge is 0.379 e. The van der Waals surface area contributed by atoms with Crippen molar-refractivity contribution in [1.29, 1.82) is 0 Å². The number of hydrogen-bond acceptors (Lipinski definition) is 5. The van der Waals surface area contributed by atoms with Crippen molar-refractivity contribution in [3.05, 3.63) is 45.2 Å². The van der Waals surface area contributed by atoms with Crippen molar-refractivity contribution in [2.24, 2.45) is 0 Å². The highest BCUT2D eigenvalue weighted by Gasteiger charge is 2.17. The fraction of sp³-hybridized carbons (Fsp3) is 0.273. The van der Waals surface area contributed by atoms with Crippen molar-refractivity contribution >= 4 is 23.0 Å². The third-order valence-corrected chi connectivity index (χ3v) is 2.90. The summed E-state index contributed by atoms with van der Waals surface area (Å²) in [4.78, 5) is 14.2. The van der Waals surface area contributed by atoms with Gasteiger partial charge in [0, 0.05) is 25.1 Å². The summed E-state index contributed by atoms with van der Waals surface area (Å²) in [7, 11) is 0. The zero-order valence-corrected chi connectivity index (χ0v) is 11.0. The fourth-order valence-electron chi connectivity index (χ4n) is 1.66. The Bertz CT molecular complexity index is 605. The molecule has 0 unspecified atom stereocenters. The van der Waals surface area contributed by atoms with E-state index in [2.05, 4.69) is 20.5 Å². The van der Waals surface area contributed by atoms with Crippen LogP contribution >= 0.6 is 11.6 Å². The lowest BCUT2D eigenvalue weighted by atomic mass is 10.2. The first kappa shape index (κ1) is 14.2. The maximum absolute atomic E-state index is 13.3. The molecule has 0 spiro atoms. The van der Waals surface area contributed by atoms with E-state index in [0.29, 0.717) is 19.4 Å². The molecule has 0 bridgehead atoms. The zero-order chi connectivity index (χ0) is 14.5. The van der Waals surface area contributed by atoms with Crippen LogP contribution in [0.4, 0.5) is 15.8 Å². The second-order valence-electron chi connectivity index (χ2n) is 4.00. The number of anilines is 1. The summed E-state index contributed by atoms with van der Waals surface area (Å²) in [5.41, 5.74) is -0.148. The lowest BCUT2D eigenvalue weighted by Gasteiger charge is -2.07. The smallest absolute Gasteiger partial charge is 0.294 e. The number of rotatable bonds is 6. The molecule has 0 saturated carbocycles. The van der Waals surface area contributed by atoms with Gasteiger partial charge in [-0.15, -0.1) is 0 Å². The van der Waals surface area contributed by atoms with Crippen molar-refractivity contribution in [1.82, 2.24) is 15.2 Å². The van der Waals surface area contributed by atoms with Crippen molar-refractivity contribution in [3.8, 4) is 0 Å². The minimum absolute atomic E-state index is 0.106. The number of aryl methyl sites for hydroxylation is 1. The normalized spacial score (nSPS) is 10.5. The summed E-state index contributed by atoms with van der Waals surface area (Å²) < 4.78 is 13.3. The summed E-state index contributed by atoms with van der Waals surface area (Å²) in [6, 6.07) is 2.02. The minimum atomic E-state index is -0.699. The molecular weight excluding hydrogens is 289 g/mol. The standard InChI is InChI=1S/C11H11ClFN5O2/c12-7-4-10(18(19)20)9(5-8(7)13)14-3-1-2-11-15-6-16-17-11/h4-6,14H,1-3H2,(H,15,16,17). The predicted molar refractivity (Wildman–Crippen MR) is 71.3 cm³/mol. The molecule has 0 fully saturated rings. The molecule has 0 atom stereocenters. The van der Waals surface area contributed by atoms with Crippen LogP contribution in [0.3, 0.4) is 0 Å². The molecule has 0 aliphatic carbocycles. The van der Waals surface area contributed by atoms with Gasteiger partial charge in [-0.1, -0.05) is 11.6 Å². The van der Waals surface area contributed by atoms with E-state index in [1.165, 1.54) is 6.33 Å². The Hall–Kier alpha value is -2.22. The first-order valence-corrected chi connectivity index (χ1v) is 6.17. The van der Waals surface area contributed by atoms with Crippen LogP contribution in [0.15, 0.2) is 18.5 Å². The number of aromatic amines is 1. The van der Waals surface area contributed by atoms with Gasteiger partial charge in [0.15, 0.2) is 0 Å². The Morgan fingerprint density at radius 2 is 2.30 bits per heavy atom. The van der Waals surface area contributed by atoms with E-state index in [4.69, 9.17) is 11.6 Å². The van der Waals surface area contributed by atoms with Crippen LogP contribution in [0.5, 0.6) is 0 Å². The second kappa shape index (κ2) is 6.29. The molecule has 1 aromatic carbocycles. The first-order chi connectivity index (χ1) is 9.58. The van der Waals surface area contributed by atoms with Gasteiger partial charge < -0.3 is 5.32 Å². The van der Waals surface area contributed by atoms with Crippen LogP contribution in [0, 0.1) is 15.9 Å². The highest BCUT2D eigenvalue weighted by Crippen LogP contribution is 2.30. The highest BCUT2D eigenvalue weighted by atomic mass is 35.5. The molecule has 0 saturated heterocycles. The van der Waals surface area contributed by atoms with Gasteiger partial charge in [0.2, 0.25) is 0 Å². The van der Waals surface area contributed by atoms with E-state index in [0.717, 1.165) is 18.0 Å². The molecule has 0 amide bonds. The Balaban J connectivity index is 1.98. The number of benzene rings is 1. The molecule has 9 heteroatoms. The molecule has 1 heterocycles. The van der Waals surface area contributed by atoms with E-state index in [1.807, 2.05) is 0 Å². The van der Waals surface area contributed by atoms with Gasteiger partial charge in [-0.05, 0) is 6.42 Å². The third-order valence-electron chi connectivity index (χ3n) is 2.61. The molecule has 106 valence electrons. The van der Waals surface area contributed by atoms with E-state index in [-0.39, 0.29) is 16.4 Å². The average Bonchev–Trinajstić information content (AvgIpc) is 2.91. The van der Waals surface area contributed by atoms with Gasteiger partial charge >= 0.3 is 0 Å². The topological polar surface area (TPSA) is 96.7 Å². The minimum Gasteiger partial charge on any atom is -0.379 e. The SMILES string of the molecule is O=[N+]([O-])c1cc(Cl)c(F)cc1NCCCc1ncn[nH]1. The molecular formula is C11H11ClFN5O2. The quantitative estimate of drug-likeness (QED) is 0.485. The van der Waals surface area contributed by atoms with Crippen LogP contribution < -0.4 is 5.32 Å². The molecule has 7 nitrogen and oxygen atoms in total. The van der Waals surface area contributed by atoms with Crippen LogP contribution in [-0.2, 0) is 6.42 Å². The van der Waals surface area contributed by atoms with E-state index in [1.54, 1.807) is 0 Å². The summed E-state index contributed by atoms with van der Waals surface area (Å²) in [6.45, 7) is 0.433. The number of aromatic nitrogens is 3. The molecule has 2 N–H and O–H groups in total. The zero-order valence-electron chi connectivity index (χ0n) is 10.3. The highest BCUT2D eigenvalue weighted by molar-refractivity contribution is 6.31. The molecule has 2 aromatic rings. The van der Waals surface area contributed by atoms with Crippen molar-refractivity contribution in [3.63, 3.8) is 0 Å². The van der Waals surface area contributed by atoms with E-state index in [9.17, 15) is 14.5 Å². The van der Waals surface area contributed by atoms with Crippen LogP contribution in [-0.4, -0.2) is 26.6 Å². The predicted octanol–water partition coefficient (Wildman–Crippen LogP) is 2.55. The van der Waals surface area contributed by atoms with Gasteiger partial charge in [-0.3, -0.25) is 15.2 Å². The van der Waals surface area contributed by atoms with Gasteiger partial charge in [-0.25, -0.2) is 9.37 Å². The monoisotopic (exact) mass is 299 g/mol.